The highest BCUT2D eigenvalue weighted by Crippen LogP contribution is 2.44. The number of benzene rings is 2. The number of rotatable bonds is 5. The lowest BCUT2D eigenvalue weighted by Crippen LogP contribution is -2.28. The summed E-state index contributed by atoms with van der Waals surface area (Å²) in [7, 11) is 0. The molecule has 0 spiro atoms. The third kappa shape index (κ3) is 3.80. The van der Waals surface area contributed by atoms with Crippen molar-refractivity contribution in [1.82, 2.24) is 0 Å². The summed E-state index contributed by atoms with van der Waals surface area (Å²) in [5.74, 6) is -1.02. The maximum atomic E-state index is 12.2. The molecule has 1 aliphatic rings. The number of amides is 1. The maximum Gasteiger partial charge on any atom is 0.337 e. The quantitative estimate of drug-likeness (QED) is 0.778. The molecule has 1 heterocycles. The van der Waals surface area contributed by atoms with Crippen LogP contribution in [0.2, 0.25) is 0 Å². The van der Waals surface area contributed by atoms with Gasteiger partial charge in [-0.15, -0.1) is 0 Å². The number of hydrogen-bond acceptors (Lipinski definition) is 3. The van der Waals surface area contributed by atoms with E-state index < -0.39 is 17.7 Å². The molecule has 1 N–H and O–H groups in total. The van der Waals surface area contributed by atoms with Gasteiger partial charge in [-0.25, -0.2) is 4.79 Å². The van der Waals surface area contributed by atoms with E-state index in [1.54, 1.807) is 4.90 Å². The second-order valence-electron chi connectivity index (χ2n) is 8.34. The second kappa shape index (κ2) is 7.40. The number of carboxylic acids is 1. The van der Waals surface area contributed by atoms with Gasteiger partial charge in [-0.1, -0.05) is 29.8 Å². The monoisotopic (exact) mass is 381 g/mol. The number of carboxylic acid groups (broad SMARTS) is 1. The van der Waals surface area contributed by atoms with Gasteiger partial charge in [0, 0.05) is 17.8 Å². The summed E-state index contributed by atoms with van der Waals surface area (Å²) < 4.78 is 5.98. The number of nitrogens with zero attached hydrogens (tertiary/aromatic N) is 1. The Bertz CT molecular complexity index is 910. The molecule has 0 saturated carbocycles. The molecule has 0 bridgehead atoms. The SMILES string of the molecule is Cc1ccc(-c2c3c(cc(C)c2C(OC(C)(C)C)C(=O)O)N(C=O)CC3)cc1. The van der Waals surface area contributed by atoms with Crippen LogP contribution < -0.4 is 4.90 Å². The van der Waals surface area contributed by atoms with Gasteiger partial charge in [-0.2, -0.15) is 0 Å². The highest BCUT2D eigenvalue weighted by Gasteiger charge is 2.34. The van der Waals surface area contributed by atoms with Crippen molar-refractivity contribution in [3.63, 3.8) is 0 Å². The lowest BCUT2D eigenvalue weighted by Gasteiger charge is -2.29. The molecule has 5 nitrogen and oxygen atoms in total. The fourth-order valence-corrected chi connectivity index (χ4v) is 3.80. The molecule has 148 valence electrons. The lowest BCUT2D eigenvalue weighted by molar-refractivity contribution is -0.160. The van der Waals surface area contributed by atoms with Crippen molar-refractivity contribution < 1.29 is 19.4 Å². The van der Waals surface area contributed by atoms with E-state index in [4.69, 9.17) is 4.74 Å². The molecule has 0 aliphatic carbocycles. The van der Waals surface area contributed by atoms with Gasteiger partial charge in [0.1, 0.15) is 0 Å². The van der Waals surface area contributed by atoms with Crippen LogP contribution in [-0.4, -0.2) is 29.6 Å². The second-order valence-corrected chi connectivity index (χ2v) is 8.34. The van der Waals surface area contributed by atoms with Gasteiger partial charge < -0.3 is 14.7 Å². The molecule has 2 aromatic rings. The van der Waals surface area contributed by atoms with Gasteiger partial charge in [0.25, 0.3) is 0 Å². The molecule has 0 radical (unpaired) electrons. The number of carbonyl (C=O) groups is 2. The lowest BCUT2D eigenvalue weighted by atomic mass is 9.86. The zero-order chi connectivity index (χ0) is 20.6. The number of anilines is 1. The number of carbonyl (C=O) groups excluding carboxylic acids is 1. The average Bonchev–Trinajstić information content (AvgIpc) is 3.01. The average molecular weight is 381 g/mol. The summed E-state index contributed by atoms with van der Waals surface area (Å²) >= 11 is 0. The third-order valence-corrected chi connectivity index (χ3v) is 5.00. The van der Waals surface area contributed by atoms with Crippen molar-refractivity contribution in [3.05, 3.63) is 52.6 Å². The molecule has 1 atom stereocenters. The Kier molecular flexibility index (Phi) is 5.31. The van der Waals surface area contributed by atoms with E-state index >= 15 is 0 Å². The summed E-state index contributed by atoms with van der Waals surface area (Å²) in [4.78, 5) is 25.4. The van der Waals surface area contributed by atoms with Crippen molar-refractivity contribution in [1.29, 1.82) is 0 Å². The van der Waals surface area contributed by atoms with Gasteiger partial charge in [-0.3, -0.25) is 4.79 Å². The van der Waals surface area contributed by atoms with Crippen LogP contribution in [0.15, 0.2) is 30.3 Å². The molecule has 1 unspecified atom stereocenters. The van der Waals surface area contributed by atoms with Crippen molar-refractivity contribution in [2.45, 2.75) is 52.7 Å². The van der Waals surface area contributed by atoms with Gasteiger partial charge in [-0.05, 0) is 69.4 Å². The zero-order valence-corrected chi connectivity index (χ0v) is 17.1. The highest BCUT2D eigenvalue weighted by atomic mass is 16.5. The van der Waals surface area contributed by atoms with Crippen LogP contribution in [0, 0.1) is 13.8 Å². The first kappa shape index (κ1) is 20.1. The van der Waals surface area contributed by atoms with E-state index in [2.05, 4.69) is 0 Å². The third-order valence-electron chi connectivity index (χ3n) is 5.00. The molecule has 28 heavy (non-hydrogen) atoms. The Morgan fingerprint density at radius 3 is 2.39 bits per heavy atom. The van der Waals surface area contributed by atoms with E-state index in [1.165, 1.54) is 0 Å². The Hall–Kier alpha value is -2.66. The summed E-state index contributed by atoms with van der Waals surface area (Å²) in [5.41, 5.74) is 5.65. The standard InChI is InChI=1S/C23H27NO4/c1-14-6-8-16(9-7-14)20-17-10-11-24(13-25)18(17)12-15(2)19(20)21(22(26)27)28-23(3,4)5/h6-9,12-13,21H,10-11H2,1-5H3,(H,26,27). The first-order valence-electron chi connectivity index (χ1n) is 9.48. The predicted molar refractivity (Wildman–Crippen MR) is 110 cm³/mol. The minimum Gasteiger partial charge on any atom is -0.479 e. The summed E-state index contributed by atoms with van der Waals surface area (Å²) in [6.07, 6.45) is 0.434. The van der Waals surface area contributed by atoms with Crippen molar-refractivity contribution in [3.8, 4) is 11.1 Å². The minimum atomic E-state index is -1.09. The Balaban J connectivity index is 2.31. The Morgan fingerprint density at radius 2 is 1.86 bits per heavy atom. The van der Waals surface area contributed by atoms with E-state index in [0.29, 0.717) is 18.5 Å². The Labute approximate surface area is 165 Å². The molecule has 5 heteroatoms. The Morgan fingerprint density at radius 1 is 1.21 bits per heavy atom. The van der Waals surface area contributed by atoms with Crippen LogP contribution in [0.1, 0.15) is 49.1 Å². The number of hydrogen-bond donors (Lipinski definition) is 1. The number of aryl methyl sites for hydroxylation is 2. The number of aliphatic carboxylic acids is 1. The maximum absolute atomic E-state index is 12.2. The van der Waals surface area contributed by atoms with Gasteiger partial charge in [0.05, 0.1) is 5.60 Å². The van der Waals surface area contributed by atoms with Crippen molar-refractivity contribution in [2.24, 2.45) is 0 Å². The van der Waals surface area contributed by atoms with Gasteiger partial charge >= 0.3 is 5.97 Å². The molecule has 2 aromatic carbocycles. The number of fused-ring (bicyclic) bond motifs is 1. The minimum absolute atomic E-state index is 0.596. The molecule has 1 aliphatic heterocycles. The smallest absolute Gasteiger partial charge is 0.337 e. The van der Waals surface area contributed by atoms with E-state index in [1.807, 2.05) is 65.0 Å². The van der Waals surface area contributed by atoms with E-state index in [0.717, 1.165) is 39.9 Å². The van der Waals surface area contributed by atoms with Gasteiger partial charge in [0.2, 0.25) is 6.41 Å². The summed E-state index contributed by atoms with van der Waals surface area (Å²) in [5, 5.41) is 9.99. The van der Waals surface area contributed by atoms with Crippen LogP contribution in [0.4, 0.5) is 5.69 Å². The topological polar surface area (TPSA) is 66.8 Å². The first-order valence-corrected chi connectivity index (χ1v) is 9.48. The first-order chi connectivity index (χ1) is 13.1. The van der Waals surface area contributed by atoms with Crippen molar-refractivity contribution in [2.75, 3.05) is 11.4 Å². The predicted octanol–water partition coefficient (Wildman–Crippen LogP) is 4.43. The fourth-order valence-electron chi connectivity index (χ4n) is 3.80. The number of ether oxygens (including phenoxy) is 1. The summed E-state index contributed by atoms with van der Waals surface area (Å²) in [6, 6.07) is 9.95. The molecule has 3 rings (SSSR count). The fraction of sp³-hybridized carbons (Fsp3) is 0.391. The van der Waals surface area contributed by atoms with E-state index in [9.17, 15) is 14.7 Å². The highest BCUT2D eigenvalue weighted by molar-refractivity contribution is 5.90. The largest absolute Gasteiger partial charge is 0.479 e. The van der Waals surface area contributed by atoms with Crippen LogP contribution in [0.3, 0.4) is 0 Å². The summed E-state index contributed by atoms with van der Waals surface area (Å²) in [6.45, 7) is 10.1. The molecule has 1 amide bonds. The zero-order valence-electron chi connectivity index (χ0n) is 17.1. The molecule has 0 saturated heterocycles. The molecule has 0 fully saturated rings. The van der Waals surface area contributed by atoms with Crippen LogP contribution in [0.25, 0.3) is 11.1 Å². The molecule has 0 aromatic heterocycles. The van der Waals surface area contributed by atoms with Crippen molar-refractivity contribution >= 4 is 18.1 Å². The molecular formula is C23H27NO4. The molecular weight excluding hydrogens is 354 g/mol. The van der Waals surface area contributed by atoms with Crippen LogP contribution in [-0.2, 0) is 20.7 Å². The normalized spacial score (nSPS) is 14.7. The van der Waals surface area contributed by atoms with Gasteiger partial charge in [0.15, 0.2) is 6.10 Å². The van der Waals surface area contributed by atoms with Crippen LogP contribution in [0.5, 0.6) is 0 Å². The van der Waals surface area contributed by atoms with Crippen LogP contribution >= 0.6 is 0 Å². The van der Waals surface area contributed by atoms with E-state index in [-0.39, 0.29) is 0 Å².